The standard InChI is InChI=1S/C23H37N3O6/c1-29-11-10-26(23(28)19-3-5-21(30-2)6-4-19)18-22-17-25(9-14-32-22)16-20(27)15-24-7-12-31-13-8-24/h3-6,20,22,27H,7-18H2,1-2H3/t20-,22+/m1/s1. The van der Waals surface area contributed by atoms with Gasteiger partial charge >= 0.3 is 0 Å². The van der Waals surface area contributed by atoms with Crippen molar-refractivity contribution < 1.29 is 28.8 Å². The number of methoxy groups -OCH3 is 2. The molecule has 2 heterocycles. The van der Waals surface area contributed by atoms with E-state index in [0.717, 1.165) is 32.8 Å². The first-order valence-electron chi connectivity index (χ1n) is 11.3. The van der Waals surface area contributed by atoms with E-state index in [0.29, 0.717) is 57.3 Å². The number of nitrogens with zero attached hydrogens (tertiary/aromatic N) is 3. The third-order valence-electron chi connectivity index (χ3n) is 5.88. The van der Waals surface area contributed by atoms with E-state index < -0.39 is 6.10 Å². The van der Waals surface area contributed by atoms with E-state index in [1.54, 1.807) is 43.4 Å². The molecule has 0 bridgehead atoms. The lowest BCUT2D eigenvalue weighted by molar-refractivity contribution is -0.0564. The van der Waals surface area contributed by atoms with E-state index in [1.807, 2.05) is 0 Å². The van der Waals surface area contributed by atoms with Crippen LogP contribution < -0.4 is 4.74 Å². The minimum Gasteiger partial charge on any atom is -0.497 e. The number of aliphatic hydroxyl groups is 1. The van der Waals surface area contributed by atoms with Gasteiger partial charge in [-0.2, -0.15) is 0 Å². The summed E-state index contributed by atoms with van der Waals surface area (Å²) in [6, 6.07) is 7.13. The molecule has 2 fully saturated rings. The molecule has 0 aromatic heterocycles. The highest BCUT2D eigenvalue weighted by atomic mass is 16.5. The lowest BCUT2D eigenvalue weighted by Crippen LogP contribution is -2.52. The number of carbonyl (C=O) groups is 1. The van der Waals surface area contributed by atoms with Crippen molar-refractivity contribution in [2.24, 2.45) is 0 Å². The van der Waals surface area contributed by atoms with Crippen LogP contribution in [0.2, 0.25) is 0 Å². The maximum absolute atomic E-state index is 13.1. The number of carbonyl (C=O) groups excluding carboxylic acids is 1. The van der Waals surface area contributed by atoms with Crippen molar-refractivity contribution in [3.63, 3.8) is 0 Å². The Morgan fingerprint density at radius 1 is 1.12 bits per heavy atom. The van der Waals surface area contributed by atoms with Crippen LogP contribution in [0.1, 0.15) is 10.4 Å². The van der Waals surface area contributed by atoms with Crippen molar-refractivity contribution in [3.8, 4) is 5.75 Å². The summed E-state index contributed by atoms with van der Waals surface area (Å²) >= 11 is 0. The average Bonchev–Trinajstić information content (AvgIpc) is 2.82. The van der Waals surface area contributed by atoms with Crippen LogP contribution in [-0.4, -0.2) is 131 Å². The maximum atomic E-state index is 13.1. The number of amides is 1. The van der Waals surface area contributed by atoms with Crippen LogP contribution in [0.15, 0.2) is 24.3 Å². The summed E-state index contributed by atoms with van der Waals surface area (Å²) in [6.07, 6.45) is -0.532. The molecule has 180 valence electrons. The predicted octanol–water partition coefficient (Wildman–Crippen LogP) is 0.178. The number of rotatable bonds is 11. The van der Waals surface area contributed by atoms with Gasteiger partial charge in [0, 0.05) is 65.0 Å². The van der Waals surface area contributed by atoms with Crippen molar-refractivity contribution in [2.75, 3.05) is 93.0 Å². The first-order chi connectivity index (χ1) is 15.6. The number of aliphatic hydroxyl groups excluding tert-OH is 1. The summed E-state index contributed by atoms with van der Waals surface area (Å²) in [5, 5.41) is 10.6. The van der Waals surface area contributed by atoms with Crippen LogP contribution in [0.3, 0.4) is 0 Å². The number of ether oxygens (including phenoxy) is 4. The number of benzene rings is 1. The monoisotopic (exact) mass is 451 g/mol. The molecule has 2 aliphatic rings. The zero-order chi connectivity index (χ0) is 22.8. The van der Waals surface area contributed by atoms with Crippen LogP contribution in [0.25, 0.3) is 0 Å². The van der Waals surface area contributed by atoms with E-state index in [2.05, 4.69) is 9.80 Å². The summed E-state index contributed by atoms with van der Waals surface area (Å²) in [6.45, 7) is 7.91. The van der Waals surface area contributed by atoms with Gasteiger partial charge in [0.25, 0.3) is 5.91 Å². The lowest BCUT2D eigenvalue weighted by Gasteiger charge is -2.37. The summed E-state index contributed by atoms with van der Waals surface area (Å²) in [5.74, 6) is 0.657. The Kier molecular flexibility index (Phi) is 10.2. The van der Waals surface area contributed by atoms with Gasteiger partial charge in [0.1, 0.15) is 5.75 Å². The van der Waals surface area contributed by atoms with E-state index >= 15 is 0 Å². The molecule has 2 atom stereocenters. The fraction of sp³-hybridized carbons (Fsp3) is 0.696. The Bertz CT molecular complexity index is 683. The van der Waals surface area contributed by atoms with E-state index in [-0.39, 0.29) is 12.0 Å². The number of morpholine rings is 2. The predicted molar refractivity (Wildman–Crippen MR) is 120 cm³/mol. The van der Waals surface area contributed by atoms with Gasteiger partial charge in [0.2, 0.25) is 0 Å². The third kappa shape index (κ3) is 7.68. The van der Waals surface area contributed by atoms with Crippen molar-refractivity contribution in [3.05, 3.63) is 29.8 Å². The van der Waals surface area contributed by atoms with Crippen LogP contribution in [0, 0.1) is 0 Å². The van der Waals surface area contributed by atoms with Crippen molar-refractivity contribution >= 4 is 5.91 Å². The van der Waals surface area contributed by atoms with Gasteiger partial charge < -0.3 is 29.0 Å². The molecule has 32 heavy (non-hydrogen) atoms. The van der Waals surface area contributed by atoms with Gasteiger partial charge in [0.15, 0.2) is 0 Å². The first kappa shape index (κ1) is 24.9. The van der Waals surface area contributed by atoms with Crippen LogP contribution in [-0.2, 0) is 14.2 Å². The summed E-state index contributed by atoms with van der Waals surface area (Å²) < 4.78 is 21.7. The van der Waals surface area contributed by atoms with Crippen LogP contribution in [0.5, 0.6) is 5.75 Å². The molecule has 1 amide bonds. The molecule has 0 saturated carbocycles. The lowest BCUT2D eigenvalue weighted by atomic mass is 10.1. The van der Waals surface area contributed by atoms with Crippen molar-refractivity contribution in [1.82, 2.24) is 14.7 Å². The van der Waals surface area contributed by atoms with E-state index in [1.165, 1.54) is 0 Å². The smallest absolute Gasteiger partial charge is 0.254 e. The van der Waals surface area contributed by atoms with Gasteiger partial charge in [-0.1, -0.05) is 0 Å². The van der Waals surface area contributed by atoms with Gasteiger partial charge in [0.05, 0.1) is 45.7 Å². The minimum absolute atomic E-state index is 0.0576. The number of β-amino-alcohol motifs (C(OH)–C–C–N with tert-alkyl or cyclic N) is 1. The highest BCUT2D eigenvalue weighted by molar-refractivity contribution is 5.94. The molecule has 0 spiro atoms. The molecule has 1 N–H and O–H groups in total. The summed E-state index contributed by atoms with van der Waals surface area (Å²) in [5.41, 5.74) is 0.607. The second-order valence-corrected chi connectivity index (χ2v) is 8.29. The highest BCUT2D eigenvalue weighted by Gasteiger charge is 2.27. The molecular formula is C23H37N3O6. The average molecular weight is 452 g/mol. The molecule has 2 aliphatic heterocycles. The molecule has 0 aliphatic carbocycles. The number of hydrogen-bond acceptors (Lipinski definition) is 8. The molecule has 0 radical (unpaired) electrons. The van der Waals surface area contributed by atoms with Crippen molar-refractivity contribution in [1.29, 1.82) is 0 Å². The molecule has 3 rings (SSSR count). The Morgan fingerprint density at radius 2 is 1.81 bits per heavy atom. The Hall–Kier alpha value is -1.75. The Morgan fingerprint density at radius 3 is 2.50 bits per heavy atom. The first-order valence-corrected chi connectivity index (χ1v) is 11.3. The van der Waals surface area contributed by atoms with Crippen LogP contribution in [0.4, 0.5) is 0 Å². The fourth-order valence-electron chi connectivity index (χ4n) is 4.13. The summed E-state index contributed by atoms with van der Waals surface area (Å²) in [4.78, 5) is 19.4. The molecule has 1 aromatic carbocycles. The van der Waals surface area contributed by atoms with Gasteiger partial charge in [-0.05, 0) is 24.3 Å². The van der Waals surface area contributed by atoms with Crippen molar-refractivity contribution in [2.45, 2.75) is 12.2 Å². The largest absolute Gasteiger partial charge is 0.497 e. The number of hydrogen-bond donors (Lipinski definition) is 1. The van der Waals surface area contributed by atoms with Crippen LogP contribution >= 0.6 is 0 Å². The normalized spacial score (nSPS) is 21.3. The SMILES string of the molecule is COCCN(C[C@@H]1CN(C[C@H](O)CN2CCOCC2)CCO1)C(=O)c1ccc(OC)cc1. The summed E-state index contributed by atoms with van der Waals surface area (Å²) in [7, 11) is 3.23. The Balaban J connectivity index is 1.53. The molecule has 0 unspecified atom stereocenters. The molecule has 9 heteroatoms. The second-order valence-electron chi connectivity index (χ2n) is 8.29. The molecule has 2 saturated heterocycles. The quantitative estimate of drug-likeness (QED) is 0.510. The minimum atomic E-state index is -0.419. The van der Waals surface area contributed by atoms with Gasteiger partial charge in [-0.3, -0.25) is 14.6 Å². The van der Waals surface area contributed by atoms with E-state index in [9.17, 15) is 9.90 Å². The van der Waals surface area contributed by atoms with Gasteiger partial charge in [-0.15, -0.1) is 0 Å². The van der Waals surface area contributed by atoms with Gasteiger partial charge in [-0.25, -0.2) is 0 Å². The van der Waals surface area contributed by atoms with E-state index in [4.69, 9.17) is 18.9 Å². The maximum Gasteiger partial charge on any atom is 0.254 e. The molecule has 9 nitrogen and oxygen atoms in total. The fourth-order valence-corrected chi connectivity index (χ4v) is 4.13. The topological polar surface area (TPSA) is 83.9 Å². The molecular weight excluding hydrogens is 414 g/mol. The Labute approximate surface area is 190 Å². The zero-order valence-corrected chi connectivity index (χ0v) is 19.3. The zero-order valence-electron chi connectivity index (χ0n) is 19.3. The molecule has 1 aromatic rings. The highest BCUT2D eigenvalue weighted by Crippen LogP contribution is 2.15. The third-order valence-corrected chi connectivity index (χ3v) is 5.88. The second kappa shape index (κ2) is 13.1.